The molecule has 4 aromatic rings. The fourth-order valence-corrected chi connectivity index (χ4v) is 2.66. The van der Waals surface area contributed by atoms with Gasteiger partial charge in [-0.3, -0.25) is 0 Å². The van der Waals surface area contributed by atoms with Gasteiger partial charge < -0.3 is 9.84 Å². The van der Waals surface area contributed by atoms with E-state index in [2.05, 4.69) is 39.5 Å². The van der Waals surface area contributed by atoms with Crippen molar-refractivity contribution >= 4 is 5.82 Å². The van der Waals surface area contributed by atoms with Crippen molar-refractivity contribution in [2.24, 2.45) is 0 Å². The van der Waals surface area contributed by atoms with Crippen LogP contribution in [0, 0.1) is 6.92 Å². The number of nitrogens with one attached hydrogen (secondary N) is 1. The highest BCUT2D eigenvalue weighted by Gasteiger charge is 2.10. The van der Waals surface area contributed by atoms with Crippen LogP contribution in [0.15, 0.2) is 77.4 Å². The van der Waals surface area contributed by atoms with Crippen molar-refractivity contribution in [1.29, 1.82) is 0 Å². The molecular formula is C21H18N4O. The molecule has 0 aliphatic heterocycles. The van der Waals surface area contributed by atoms with Crippen molar-refractivity contribution in [2.45, 2.75) is 13.5 Å². The SMILES string of the molecule is Cc1ccccc1CNc1ccc(-c2nc(-c3ccccc3)no2)cn1. The van der Waals surface area contributed by atoms with Crippen molar-refractivity contribution in [3.63, 3.8) is 0 Å². The Morgan fingerprint density at radius 2 is 1.69 bits per heavy atom. The summed E-state index contributed by atoms with van der Waals surface area (Å²) in [6.45, 7) is 2.84. The summed E-state index contributed by atoms with van der Waals surface area (Å²) in [5, 5.41) is 7.38. The minimum atomic E-state index is 0.460. The lowest BCUT2D eigenvalue weighted by atomic mass is 10.1. The van der Waals surface area contributed by atoms with E-state index in [1.165, 1.54) is 11.1 Å². The fraction of sp³-hybridized carbons (Fsp3) is 0.0952. The van der Waals surface area contributed by atoms with Crippen LogP contribution >= 0.6 is 0 Å². The normalized spacial score (nSPS) is 10.7. The molecular weight excluding hydrogens is 324 g/mol. The standard InChI is InChI=1S/C21H18N4O/c1-15-7-5-6-10-17(15)13-22-19-12-11-18(14-23-19)21-24-20(25-26-21)16-8-3-2-4-9-16/h2-12,14H,13H2,1H3,(H,22,23). The zero-order chi connectivity index (χ0) is 17.8. The van der Waals surface area contributed by atoms with Crippen LogP contribution in [0.2, 0.25) is 0 Å². The Bertz CT molecular complexity index is 994. The molecule has 0 amide bonds. The summed E-state index contributed by atoms with van der Waals surface area (Å²) < 4.78 is 5.37. The lowest BCUT2D eigenvalue weighted by Crippen LogP contribution is -2.02. The average molecular weight is 342 g/mol. The van der Waals surface area contributed by atoms with Gasteiger partial charge in [0.2, 0.25) is 5.82 Å². The maximum absolute atomic E-state index is 5.37. The Balaban J connectivity index is 1.46. The molecule has 0 aliphatic carbocycles. The van der Waals surface area contributed by atoms with Crippen LogP contribution in [-0.4, -0.2) is 15.1 Å². The molecule has 0 atom stereocenters. The summed E-state index contributed by atoms with van der Waals surface area (Å²) in [5.41, 5.74) is 4.23. The van der Waals surface area contributed by atoms with Gasteiger partial charge >= 0.3 is 0 Å². The van der Waals surface area contributed by atoms with Crippen LogP contribution in [0.1, 0.15) is 11.1 Å². The first-order chi connectivity index (χ1) is 12.8. The van der Waals surface area contributed by atoms with Crippen LogP contribution in [0.5, 0.6) is 0 Å². The topological polar surface area (TPSA) is 63.8 Å². The van der Waals surface area contributed by atoms with E-state index in [4.69, 9.17) is 4.52 Å². The molecule has 0 fully saturated rings. The molecule has 26 heavy (non-hydrogen) atoms. The molecule has 2 heterocycles. The maximum Gasteiger partial charge on any atom is 0.259 e. The Hall–Kier alpha value is -3.47. The van der Waals surface area contributed by atoms with Gasteiger partial charge in [0, 0.05) is 18.3 Å². The summed E-state index contributed by atoms with van der Waals surface area (Å²) in [6.07, 6.45) is 1.74. The molecule has 2 aromatic carbocycles. The van der Waals surface area contributed by atoms with Crippen LogP contribution in [0.3, 0.4) is 0 Å². The molecule has 4 rings (SSSR count). The van der Waals surface area contributed by atoms with E-state index < -0.39 is 0 Å². The number of pyridine rings is 1. The number of nitrogens with zero attached hydrogens (tertiary/aromatic N) is 3. The van der Waals surface area contributed by atoms with Gasteiger partial charge in [0.05, 0.1) is 5.56 Å². The third-order valence-electron chi connectivity index (χ3n) is 4.19. The van der Waals surface area contributed by atoms with Crippen molar-refractivity contribution in [3.8, 4) is 22.8 Å². The first-order valence-electron chi connectivity index (χ1n) is 8.43. The summed E-state index contributed by atoms with van der Waals surface area (Å²) in [7, 11) is 0. The van der Waals surface area contributed by atoms with Crippen LogP contribution in [0.4, 0.5) is 5.82 Å². The Labute approximate surface area is 151 Å². The van der Waals surface area contributed by atoms with E-state index in [-0.39, 0.29) is 0 Å². The predicted molar refractivity (Wildman–Crippen MR) is 101 cm³/mol. The summed E-state index contributed by atoms with van der Waals surface area (Å²) in [5.74, 6) is 1.84. The molecule has 0 bridgehead atoms. The van der Waals surface area contributed by atoms with Crippen LogP contribution in [0.25, 0.3) is 22.8 Å². The molecule has 0 aliphatic rings. The van der Waals surface area contributed by atoms with Gasteiger partial charge in [-0.15, -0.1) is 0 Å². The van der Waals surface area contributed by atoms with E-state index >= 15 is 0 Å². The van der Waals surface area contributed by atoms with Crippen molar-refractivity contribution in [3.05, 3.63) is 84.1 Å². The van der Waals surface area contributed by atoms with E-state index in [0.29, 0.717) is 11.7 Å². The minimum Gasteiger partial charge on any atom is -0.366 e. The van der Waals surface area contributed by atoms with Crippen molar-refractivity contribution in [1.82, 2.24) is 15.1 Å². The van der Waals surface area contributed by atoms with Gasteiger partial charge in [0.15, 0.2) is 0 Å². The number of hydrogen-bond donors (Lipinski definition) is 1. The zero-order valence-corrected chi connectivity index (χ0v) is 14.4. The second-order valence-corrected chi connectivity index (χ2v) is 6.00. The molecule has 0 unspecified atom stereocenters. The Morgan fingerprint density at radius 1 is 0.885 bits per heavy atom. The number of anilines is 1. The smallest absolute Gasteiger partial charge is 0.259 e. The fourth-order valence-electron chi connectivity index (χ4n) is 2.66. The molecule has 128 valence electrons. The van der Waals surface area contributed by atoms with Gasteiger partial charge in [-0.25, -0.2) is 4.98 Å². The molecule has 1 N–H and O–H groups in total. The zero-order valence-electron chi connectivity index (χ0n) is 14.4. The second-order valence-electron chi connectivity index (χ2n) is 6.00. The van der Waals surface area contributed by atoms with Gasteiger partial charge in [-0.2, -0.15) is 4.98 Å². The number of hydrogen-bond acceptors (Lipinski definition) is 5. The quantitative estimate of drug-likeness (QED) is 0.568. The van der Waals surface area contributed by atoms with Gasteiger partial charge in [0.1, 0.15) is 5.82 Å². The van der Waals surface area contributed by atoms with E-state index in [0.717, 1.165) is 23.5 Å². The van der Waals surface area contributed by atoms with Gasteiger partial charge in [-0.1, -0.05) is 59.8 Å². The van der Waals surface area contributed by atoms with Gasteiger partial charge in [0.25, 0.3) is 5.89 Å². The third kappa shape index (κ3) is 3.47. The first-order valence-corrected chi connectivity index (χ1v) is 8.43. The molecule has 0 radical (unpaired) electrons. The second kappa shape index (κ2) is 7.19. The number of rotatable bonds is 5. The molecule has 0 saturated carbocycles. The van der Waals surface area contributed by atoms with Crippen molar-refractivity contribution in [2.75, 3.05) is 5.32 Å². The monoisotopic (exact) mass is 342 g/mol. The minimum absolute atomic E-state index is 0.460. The predicted octanol–water partition coefficient (Wildman–Crippen LogP) is 4.72. The average Bonchev–Trinajstić information content (AvgIpc) is 3.19. The number of aryl methyl sites for hydroxylation is 1. The highest BCUT2D eigenvalue weighted by molar-refractivity contribution is 5.60. The molecule has 2 aromatic heterocycles. The highest BCUT2D eigenvalue weighted by atomic mass is 16.5. The van der Waals surface area contributed by atoms with E-state index in [1.54, 1.807) is 6.20 Å². The number of benzene rings is 2. The summed E-state index contributed by atoms with van der Waals surface area (Å²) in [6, 6.07) is 21.9. The molecule has 5 nitrogen and oxygen atoms in total. The maximum atomic E-state index is 5.37. The molecule has 5 heteroatoms. The lowest BCUT2D eigenvalue weighted by molar-refractivity contribution is 0.432. The van der Waals surface area contributed by atoms with Crippen molar-refractivity contribution < 1.29 is 4.52 Å². The Morgan fingerprint density at radius 3 is 2.46 bits per heavy atom. The highest BCUT2D eigenvalue weighted by Crippen LogP contribution is 2.22. The summed E-state index contributed by atoms with van der Waals surface area (Å²) >= 11 is 0. The molecule has 0 spiro atoms. The van der Waals surface area contributed by atoms with Crippen LogP contribution < -0.4 is 5.32 Å². The van der Waals surface area contributed by atoms with E-state index in [9.17, 15) is 0 Å². The largest absolute Gasteiger partial charge is 0.366 e. The van der Waals surface area contributed by atoms with Crippen LogP contribution in [-0.2, 0) is 6.54 Å². The number of aromatic nitrogens is 3. The Kier molecular flexibility index (Phi) is 4.43. The lowest BCUT2D eigenvalue weighted by Gasteiger charge is -2.08. The molecule has 0 saturated heterocycles. The first kappa shape index (κ1) is 16.0. The third-order valence-corrected chi connectivity index (χ3v) is 4.19. The summed E-state index contributed by atoms with van der Waals surface area (Å²) in [4.78, 5) is 8.89. The van der Waals surface area contributed by atoms with E-state index in [1.807, 2.05) is 54.6 Å². The van der Waals surface area contributed by atoms with Gasteiger partial charge in [-0.05, 0) is 30.2 Å².